The van der Waals surface area contributed by atoms with Crippen LogP contribution in [0.15, 0.2) is 60.7 Å². The van der Waals surface area contributed by atoms with Crippen molar-refractivity contribution < 1.29 is 4.74 Å². The van der Waals surface area contributed by atoms with Crippen molar-refractivity contribution >= 4 is 5.69 Å². The molecule has 1 saturated heterocycles. The van der Waals surface area contributed by atoms with Crippen LogP contribution in [-0.2, 0) is 11.3 Å². The molecular weight excluding hydrogens is 294 g/mol. The first-order valence-corrected chi connectivity index (χ1v) is 8.89. The zero-order valence-electron chi connectivity index (χ0n) is 15.3. The van der Waals surface area contributed by atoms with Crippen LogP contribution in [0, 0.1) is 0 Å². The molecule has 0 radical (unpaired) electrons. The number of anilines is 1. The monoisotopic (exact) mass is 323 g/mol. The molecule has 1 aliphatic rings. The van der Waals surface area contributed by atoms with E-state index in [9.17, 15) is 0 Å². The Morgan fingerprint density at radius 3 is 1.88 bits per heavy atom. The first kappa shape index (κ1) is 17.0. The van der Waals surface area contributed by atoms with Gasteiger partial charge >= 0.3 is 0 Å². The van der Waals surface area contributed by atoms with Crippen LogP contribution >= 0.6 is 0 Å². The minimum Gasteiger partial charge on any atom is -0.373 e. The second-order valence-electron chi connectivity index (χ2n) is 8.12. The van der Waals surface area contributed by atoms with E-state index in [1.54, 1.807) is 0 Å². The third-order valence-electron chi connectivity index (χ3n) is 5.01. The van der Waals surface area contributed by atoms with Crippen molar-refractivity contribution in [1.29, 1.82) is 0 Å². The number of hydrogen-bond donors (Lipinski definition) is 0. The van der Waals surface area contributed by atoms with E-state index in [0.29, 0.717) is 6.61 Å². The third kappa shape index (κ3) is 3.64. The predicted octanol–water partition coefficient (Wildman–Crippen LogP) is 5.43. The van der Waals surface area contributed by atoms with Gasteiger partial charge in [-0.2, -0.15) is 0 Å². The normalized spacial score (nSPS) is 20.1. The van der Waals surface area contributed by atoms with Crippen molar-refractivity contribution in [2.45, 2.75) is 64.3 Å². The molecule has 3 rings (SSSR count). The summed E-state index contributed by atoms with van der Waals surface area (Å²) < 4.78 is 6.30. The van der Waals surface area contributed by atoms with E-state index in [1.807, 2.05) is 6.07 Å². The highest BCUT2D eigenvalue weighted by molar-refractivity contribution is 5.52. The van der Waals surface area contributed by atoms with E-state index >= 15 is 0 Å². The van der Waals surface area contributed by atoms with Gasteiger partial charge in [0.15, 0.2) is 0 Å². The Bertz CT molecular complexity index is 630. The fraction of sp³-hybridized carbons (Fsp3) is 0.455. The van der Waals surface area contributed by atoms with E-state index in [4.69, 9.17) is 4.74 Å². The number of ether oxygens (including phenoxy) is 1. The van der Waals surface area contributed by atoms with Crippen LogP contribution in [0.5, 0.6) is 0 Å². The molecule has 0 aromatic heterocycles. The van der Waals surface area contributed by atoms with E-state index in [-0.39, 0.29) is 17.2 Å². The molecule has 0 bridgehead atoms. The molecule has 0 N–H and O–H groups in total. The molecule has 0 amide bonds. The van der Waals surface area contributed by atoms with Gasteiger partial charge in [-0.3, -0.25) is 0 Å². The summed E-state index contributed by atoms with van der Waals surface area (Å²) in [5.41, 5.74) is 2.67. The van der Waals surface area contributed by atoms with Crippen molar-refractivity contribution in [1.82, 2.24) is 0 Å². The fourth-order valence-electron chi connectivity index (χ4n) is 4.37. The first-order valence-electron chi connectivity index (χ1n) is 8.89. The molecule has 24 heavy (non-hydrogen) atoms. The molecule has 128 valence electrons. The highest BCUT2D eigenvalue weighted by Gasteiger charge is 2.45. The van der Waals surface area contributed by atoms with Crippen LogP contribution in [0.1, 0.15) is 46.1 Å². The van der Waals surface area contributed by atoms with E-state index in [0.717, 1.165) is 12.8 Å². The molecule has 0 saturated carbocycles. The van der Waals surface area contributed by atoms with Gasteiger partial charge in [0.2, 0.25) is 0 Å². The summed E-state index contributed by atoms with van der Waals surface area (Å²) >= 11 is 0. The molecule has 0 unspecified atom stereocenters. The van der Waals surface area contributed by atoms with Crippen LogP contribution in [0.4, 0.5) is 5.69 Å². The first-order chi connectivity index (χ1) is 11.4. The summed E-state index contributed by atoms with van der Waals surface area (Å²) in [6.07, 6.45) is 2.37. The average molecular weight is 323 g/mol. The third-order valence-corrected chi connectivity index (χ3v) is 5.01. The van der Waals surface area contributed by atoms with E-state index in [1.165, 1.54) is 11.3 Å². The molecule has 1 heterocycles. The Morgan fingerprint density at radius 2 is 1.33 bits per heavy atom. The largest absolute Gasteiger partial charge is 0.373 e. The van der Waals surface area contributed by atoms with E-state index < -0.39 is 0 Å². The molecule has 2 nitrogen and oxygen atoms in total. The van der Waals surface area contributed by atoms with Gasteiger partial charge in [-0.15, -0.1) is 0 Å². The average Bonchev–Trinajstić information content (AvgIpc) is 2.53. The van der Waals surface area contributed by atoms with Gasteiger partial charge in [0.1, 0.15) is 0 Å². The number of benzene rings is 2. The summed E-state index contributed by atoms with van der Waals surface area (Å²) in [7, 11) is 0. The SMILES string of the molecule is CC1(C)CC(OCc2ccccc2)CC(C)(C)N1c1ccccc1. The number of hydrogen-bond acceptors (Lipinski definition) is 2. The fourth-order valence-corrected chi connectivity index (χ4v) is 4.37. The molecule has 2 heteroatoms. The van der Waals surface area contributed by atoms with Gasteiger partial charge in [0.25, 0.3) is 0 Å². The zero-order valence-corrected chi connectivity index (χ0v) is 15.3. The lowest BCUT2D eigenvalue weighted by molar-refractivity contribution is -0.0165. The second kappa shape index (κ2) is 6.60. The maximum atomic E-state index is 6.30. The summed E-state index contributed by atoms with van der Waals surface area (Å²) in [4.78, 5) is 2.57. The van der Waals surface area contributed by atoms with Crippen molar-refractivity contribution in [3.05, 3.63) is 66.2 Å². The minimum atomic E-state index is 0.0600. The highest BCUT2D eigenvalue weighted by Crippen LogP contribution is 2.42. The second-order valence-corrected chi connectivity index (χ2v) is 8.12. The Labute approximate surface area is 146 Å². The van der Waals surface area contributed by atoms with Gasteiger partial charge in [-0.25, -0.2) is 0 Å². The molecule has 0 atom stereocenters. The lowest BCUT2D eigenvalue weighted by atomic mass is 9.77. The summed E-state index contributed by atoms with van der Waals surface area (Å²) in [6.45, 7) is 10.0. The van der Waals surface area contributed by atoms with Gasteiger partial charge in [-0.05, 0) is 58.2 Å². The van der Waals surface area contributed by atoms with Gasteiger partial charge < -0.3 is 9.64 Å². The molecule has 0 aliphatic carbocycles. The molecule has 1 fully saturated rings. The standard InChI is InChI=1S/C22H29NO/c1-21(2)15-20(24-17-18-11-7-5-8-12-18)16-22(3,4)23(21)19-13-9-6-10-14-19/h5-14,20H,15-17H2,1-4H3. The maximum absolute atomic E-state index is 6.30. The van der Waals surface area contributed by atoms with Crippen LogP contribution in [0.3, 0.4) is 0 Å². The molecule has 2 aromatic rings. The minimum absolute atomic E-state index is 0.0600. The Hall–Kier alpha value is -1.80. The molecule has 1 aliphatic heterocycles. The predicted molar refractivity (Wildman–Crippen MR) is 101 cm³/mol. The van der Waals surface area contributed by atoms with Crippen molar-refractivity contribution in [3.8, 4) is 0 Å². The van der Waals surface area contributed by atoms with Gasteiger partial charge in [-0.1, -0.05) is 48.5 Å². The Balaban J connectivity index is 1.75. The topological polar surface area (TPSA) is 12.5 Å². The van der Waals surface area contributed by atoms with Crippen LogP contribution in [-0.4, -0.2) is 17.2 Å². The smallest absolute Gasteiger partial charge is 0.0720 e. The van der Waals surface area contributed by atoms with Gasteiger partial charge in [0, 0.05) is 16.8 Å². The van der Waals surface area contributed by atoms with Crippen molar-refractivity contribution in [2.75, 3.05) is 4.90 Å². The molecule has 0 spiro atoms. The summed E-state index contributed by atoms with van der Waals surface area (Å²) in [5.74, 6) is 0. The number of rotatable bonds is 4. The zero-order chi connectivity index (χ0) is 17.2. The molecule has 2 aromatic carbocycles. The van der Waals surface area contributed by atoms with Gasteiger partial charge in [0.05, 0.1) is 12.7 Å². The lowest BCUT2D eigenvalue weighted by Gasteiger charge is -2.56. The highest BCUT2D eigenvalue weighted by atomic mass is 16.5. The number of piperidine rings is 1. The van der Waals surface area contributed by atoms with Crippen LogP contribution < -0.4 is 4.90 Å². The summed E-state index contributed by atoms with van der Waals surface area (Å²) in [5, 5.41) is 0. The lowest BCUT2D eigenvalue weighted by Crippen LogP contribution is -2.62. The molecular formula is C22H29NO. The van der Waals surface area contributed by atoms with E-state index in [2.05, 4.69) is 87.2 Å². The van der Waals surface area contributed by atoms with Crippen LogP contribution in [0.25, 0.3) is 0 Å². The van der Waals surface area contributed by atoms with Crippen molar-refractivity contribution in [2.24, 2.45) is 0 Å². The summed E-state index contributed by atoms with van der Waals surface area (Å²) in [6, 6.07) is 21.2. The Morgan fingerprint density at radius 1 is 0.833 bits per heavy atom. The van der Waals surface area contributed by atoms with Crippen molar-refractivity contribution in [3.63, 3.8) is 0 Å². The quantitative estimate of drug-likeness (QED) is 0.744. The number of para-hydroxylation sites is 1. The Kier molecular flexibility index (Phi) is 4.69. The van der Waals surface area contributed by atoms with Crippen LogP contribution in [0.2, 0.25) is 0 Å². The maximum Gasteiger partial charge on any atom is 0.0720 e. The number of nitrogens with zero attached hydrogens (tertiary/aromatic N) is 1.